The van der Waals surface area contributed by atoms with Crippen LogP contribution in [0.3, 0.4) is 0 Å². The Hall–Kier alpha value is 0.0569. The van der Waals surface area contributed by atoms with Gasteiger partial charge in [-0.25, -0.2) is 0 Å². The summed E-state index contributed by atoms with van der Waals surface area (Å²) in [7, 11) is 0.537. The zero-order valence-corrected chi connectivity index (χ0v) is 13.6. The molecular weight excluding hydrogens is 224 g/mol. The molecule has 0 aliphatic heterocycles. The summed E-state index contributed by atoms with van der Waals surface area (Å²) in [6.45, 7) is 12.1. The smallest absolute Gasteiger partial charge is 0.298 e. The van der Waals surface area contributed by atoms with Crippen molar-refractivity contribution in [2.75, 3.05) is 6.61 Å². The molecule has 0 aliphatic carbocycles. The van der Waals surface area contributed by atoms with Crippen LogP contribution in [-0.2, 0) is 18.6 Å². The largest absolute Gasteiger partial charge is 0.378 e. The third kappa shape index (κ3) is 6.60. The normalized spacial score (nSPS) is 13.3. The summed E-state index contributed by atoms with van der Waals surface area (Å²) in [5, 5.41) is 0. The lowest BCUT2D eigenvalue weighted by Crippen LogP contribution is -2.47. The summed E-state index contributed by atoms with van der Waals surface area (Å²) in [6.07, 6.45) is 0.189. The minimum absolute atomic E-state index is 0.0310. The number of hydrogen-bond acceptors (Lipinski definition) is 4. The predicted molar refractivity (Wildman–Crippen MR) is 67.3 cm³/mol. The Morgan fingerprint density at radius 1 is 0.875 bits per heavy atom. The molecule has 0 aromatic heterocycles. The van der Waals surface area contributed by atoms with Gasteiger partial charge < -0.3 is 18.6 Å². The SMILES string of the molecule is CC(C)OCC(O[SiH3])(OC(C)C)OC(C)C. The van der Waals surface area contributed by atoms with Crippen molar-refractivity contribution in [2.45, 2.75) is 65.8 Å². The van der Waals surface area contributed by atoms with Crippen molar-refractivity contribution in [1.29, 1.82) is 0 Å². The second kappa shape index (κ2) is 7.40. The molecule has 0 aromatic rings. The van der Waals surface area contributed by atoms with Crippen LogP contribution in [0.5, 0.6) is 0 Å². The molecule has 0 amide bonds. The molecule has 4 nitrogen and oxygen atoms in total. The third-order valence-corrected chi connectivity index (χ3v) is 2.36. The third-order valence-electron chi connectivity index (χ3n) is 1.73. The van der Waals surface area contributed by atoms with Gasteiger partial charge in [-0.1, -0.05) is 0 Å². The Labute approximate surface area is 102 Å². The summed E-state index contributed by atoms with van der Waals surface area (Å²) in [5.74, 6) is -1.04. The summed E-state index contributed by atoms with van der Waals surface area (Å²) < 4.78 is 22.5. The minimum Gasteiger partial charge on any atom is -0.378 e. The van der Waals surface area contributed by atoms with Gasteiger partial charge in [0, 0.05) is 0 Å². The summed E-state index contributed by atoms with van der Waals surface area (Å²) >= 11 is 0. The van der Waals surface area contributed by atoms with Crippen LogP contribution < -0.4 is 0 Å². The van der Waals surface area contributed by atoms with E-state index >= 15 is 0 Å². The molecule has 0 rings (SSSR count). The molecule has 0 bridgehead atoms. The van der Waals surface area contributed by atoms with E-state index in [1.807, 2.05) is 41.5 Å². The van der Waals surface area contributed by atoms with E-state index in [0.717, 1.165) is 0 Å². The Morgan fingerprint density at radius 2 is 1.31 bits per heavy atom. The van der Waals surface area contributed by atoms with Gasteiger partial charge in [-0.05, 0) is 41.5 Å². The van der Waals surface area contributed by atoms with Crippen molar-refractivity contribution >= 4 is 10.5 Å². The van der Waals surface area contributed by atoms with Crippen LogP contribution in [0, 0.1) is 0 Å². The first kappa shape index (κ1) is 16.1. The molecule has 0 spiro atoms. The first-order valence-corrected chi connectivity index (χ1v) is 6.65. The van der Waals surface area contributed by atoms with Crippen LogP contribution in [-0.4, -0.2) is 41.4 Å². The molecule has 5 heteroatoms. The van der Waals surface area contributed by atoms with Crippen molar-refractivity contribution in [3.63, 3.8) is 0 Å². The highest BCUT2D eigenvalue weighted by atomic mass is 28.2. The second-order valence-corrected chi connectivity index (χ2v) is 4.99. The van der Waals surface area contributed by atoms with E-state index < -0.39 is 5.97 Å². The van der Waals surface area contributed by atoms with E-state index in [1.54, 1.807) is 0 Å². The van der Waals surface area contributed by atoms with E-state index in [-0.39, 0.29) is 18.3 Å². The van der Waals surface area contributed by atoms with Gasteiger partial charge in [0.25, 0.3) is 5.97 Å². The maximum absolute atomic E-state index is 5.71. The van der Waals surface area contributed by atoms with Crippen LogP contribution in [0.4, 0.5) is 0 Å². The average Bonchev–Trinajstić information content (AvgIpc) is 2.12. The summed E-state index contributed by atoms with van der Waals surface area (Å²) in [5.41, 5.74) is 0. The molecule has 0 saturated heterocycles. The fourth-order valence-corrected chi connectivity index (χ4v) is 1.55. The Bertz CT molecular complexity index is 173. The summed E-state index contributed by atoms with van der Waals surface area (Å²) in [4.78, 5) is 0. The molecule has 0 fully saturated rings. The highest BCUT2D eigenvalue weighted by molar-refractivity contribution is 5.98. The number of rotatable bonds is 8. The first-order chi connectivity index (χ1) is 7.31. The lowest BCUT2D eigenvalue weighted by atomic mass is 10.4. The van der Waals surface area contributed by atoms with Gasteiger partial charge in [-0.2, -0.15) is 0 Å². The van der Waals surface area contributed by atoms with E-state index in [0.29, 0.717) is 17.1 Å². The number of hydrogen-bond donors (Lipinski definition) is 0. The fourth-order valence-electron chi connectivity index (χ4n) is 1.24. The number of ether oxygens (including phenoxy) is 3. The van der Waals surface area contributed by atoms with Gasteiger partial charge in [0.15, 0.2) is 10.5 Å². The van der Waals surface area contributed by atoms with Gasteiger partial charge in [-0.3, -0.25) is 0 Å². The quantitative estimate of drug-likeness (QED) is 0.479. The molecule has 0 aromatic carbocycles. The predicted octanol–water partition coefficient (Wildman–Crippen LogP) is 1.21. The van der Waals surface area contributed by atoms with Crippen LogP contribution in [0.1, 0.15) is 41.5 Å². The Morgan fingerprint density at radius 3 is 1.56 bits per heavy atom. The zero-order chi connectivity index (χ0) is 12.8. The van der Waals surface area contributed by atoms with Crippen LogP contribution in [0.25, 0.3) is 0 Å². The van der Waals surface area contributed by atoms with Gasteiger partial charge in [0.2, 0.25) is 0 Å². The van der Waals surface area contributed by atoms with Crippen molar-refractivity contribution in [3.8, 4) is 0 Å². The molecule has 0 N–H and O–H groups in total. The fraction of sp³-hybridized carbons (Fsp3) is 1.00. The molecule has 0 saturated carbocycles. The molecule has 0 radical (unpaired) electrons. The summed E-state index contributed by atoms with van der Waals surface area (Å²) in [6, 6.07) is 0. The van der Waals surface area contributed by atoms with Crippen molar-refractivity contribution in [2.24, 2.45) is 0 Å². The Kier molecular flexibility index (Phi) is 7.42. The molecule has 0 heterocycles. The van der Waals surface area contributed by atoms with Gasteiger partial charge in [0.05, 0.1) is 18.3 Å². The zero-order valence-electron chi connectivity index (χ0n) is 11.6. The average molecular weight is 250 g/mol. The molecular formula is C11H26O4Si. The lowest BCUT2D eigenvalue weighted by Gasteiger charge is -2.35. The molecule has 0 unspecified atom stereocenters. The van der Waals surface area contributed by atoms with Gasteiger partial charge in [0.1, 0.15) is 6.61 Å². The van der Waals surface area contributed by atoms with Gasteiger partial charge in [-0.15, -0.1) is 0 Å². The van der Waals surface area contributed by atoms with E-state index in [4.69, 9.17) is 18.6 Å². The molecule has 98 valence electrons. The van der Waals surface area contributed by atoms with E-state index in [1.165, 1.54) is 0 Å². The maximum atomic E-state index is 5.71. The highest BCUT2D eigenvalue weighted by Crippen LogP contribution is 2.20. The van der Waals surface area contributed by atoms with Crippen molar-refractivity contribution in [1.82, 2.24) is 0 Å². The van der Waals surface area contributed by atoms with Crippen LogP contribution >= 0.6 is 0 Å². The van der Waals surface area contributed by atoms with Crippen molar-refractivity contribution < 1.29 is 18.6 Å². The van der Waals surface area contributed by atoms with Crippen LogP contribution in [0.2, 0.25) is 0 Å². The maximum Gasteiger partial charge on any atom is 0.298 e. The Balaban J connectivity index is 4.53. The van der Waals surface area contributed by atoms with E-state index in [2.05, 4.69) is 0 Å². The molecule has 0 atom stereocenters. The van der Waals surface area contributed by atoms with Crippen LogP contribution in [0.15, 0.2) is 0 Å². The standard InChI is InChI=1S/C11H26O4Si/c1-8(2)12-7-11(15-16,13-9(3)4)14-10(5)6/h8-10H,7H2,1-6,16H3. The molecule has 0 aliphatic rings. The topological polar surface area (TPSA) is 36.9 Å². The van der Waals surface area contributed by atoms with Gasteiger partial charge >= 0.3 is 0 Å². The highest BCUT2D eigenvalue weighted by Gasteiger charge is 2.35. The van der Waals surface area contributed by atoms with Crippen molar-refractivity contribution in [3.05, 3.63) is 0 Å². The second-order valence-electron chi connectivity index (χ2n) is 4.58. The van der Waals surface area contributed by atoms with E-state index in [9.17, 15) is 0 Å². The monoisotopic (exact) mass is 250 g/mol. The minimum atomic E-state index is -1.04. The molecule has 16 heavy (non-hydrogen) atoms. The lowest BCUT2D eigenvalue weighted by molar-refractivity contribution is -0.383. The first-order valence-electron chi connectivity index (χ1n) is 5.83.